The zero-order chi connectivity index (χ0) is 4.99. The third kappa shape index (κ3) is 5.31. The summed E-state index contributed by atoms with van der Waals surface area (Å²) in [5, 5.41) is 0. The first-order valence-corrected chi connectivity index (χ1v) is 3.83. The van der Waals surface area contributed by atoms with E-state index < -0.39 is 0 Å². The van der Waals surface area contributed by atoms with E-state index in [2.05, 4.69) is 22.6 Å². The van der Waals surface area contributed by atoms with Gasteiger partial charge >= 0.3 is 0 Å². The predicted molar refractivity (Wildman–Crippen MR) is 39.0 cm³/mol. The molecule has 0 radical (unpaired) electrons. The van der Waals surface area contributed by atoms with E-state index in [4.69, 9.17) is 23.2 Å². The molecule has 0 heterocycles. The lowest BCUT2D eigenvalue weighted by molar-refractivity contribution is 1.08. The summed E-state index contributed by atoms with van der Waals surface area (Å²) >= 11 is 12.9. The van der Waals surface area contributed by atoms with E-state index >= 15 is 0 Å². The van der Waals surface area contributed by atoms with Crippen molar-refractivity contribution in [3.8, 4) is 0 Å². The molecule has 38 valence electrons. The van der Waals surface area contributed by atoms with Crippen molar-refractivity contribution in [3.63, 3.8) is 0 Å². The van der Waals surface area contributed by atoms with E-state index in [1.54, 1.807) is 0 Å². The smallest absolute Gasteiger partial charge is 0.0861 e. The first-order valence-electron chi connectivity index (χ1n) is 1.61. The molecule has 0 aliphatic heterocycles. The van der Waals surface area contributed by atoms with Gasteiger partial charge in [0.25, 0.3) is 0 Å². The summed E-state index contributed by atoms with van der Waals surface area (Å²) in [5.74, 6) is 0.664. The number of hydrogen-bond donors (Lipinski definition) is 0. The molecular formula is C3H5Cl2I. The van der Waals surface area contributed by atoms with Crippen LogP contribution in [0.3, 0.4) is 0 Å². The number of rotatable bonds is 2. The molecule has 0 saturated carbocycles. The van der Waals surface area contributed by atoms with Crippen LogP contribution in [0.4, 0.5) is 0 Å². The highest BCUT2D eigenvalue weighted by Crippen LogP contribution is 2.10. The van der Waals surface area contributed by atoms with Crippen LogP contribution in [-0.4, -0.2) is 9.26 Å². The standard InChI is InChI=1S/C3H5Cl2I/c4-2-1-3(5)6/h3H,1-2H2. The Hall–Kier alpha value is 1.31. The topological polar surface area (TPSA) is 0 Å². The first kappa shape index (κ1) is 7.31. The average molecular weight is 239 g/mol. The fraction of sp³-hybridized carbons (Fsp3) is 1.00. The molecule has 0 aromatic carbocycles. The number of alkyl halides is 3. The minimum absolute atomic E-state index is 0.208. The van der Waals surface area contributed by atoms with Crippen LogP contribution >= 0.6 is 45.8 Å². The molecule has 0 aromatic heterocycles. The summed E-state index contributed by atoms with van der Waals surface area (Å²) < 4.78 is 0.208. The van der Waals surface area contributed by atoms with E-state index in [1.807, 2.05) is 0 Å². The van der Waals surface area contributed by atoms with Gasteiger partial charge in [-0.05, 0) is 6.42 Å². The van der Waals surface area contributed by atoms with Crippen LogP contribution < -0.4 is 0 Å². The fourth-order valence-corrected chi connectivity index (χ4v) is 1.20. The summed E-state index contributed by atoms with van der Waals surface area (Å²) in [7, 11) is 0. The Morgan fingerprint density at radius 2 is 2.17 bits per heavy atom. The van der Waals surface area contributed by atoms with E-state index in [1.165, 1.54) is 0 Å². The molecule has 0 amide bonds. The van der Waals surface area contributed by atoms with E-state index in [-0.39, 0.29) is 3.38 Å². The van der Waals surface area contributed by atoms with E-state index in [9.17, 15) is 0 Å². The molecule has 0 nitrogen and oxygen atoms in total. The monoisotopic (exact) mass is 238 g/mol. The summed E-state index contributed by atoms with van der Waals surface area (Å²) in [4.78, 5) is 0. The number of halogens is 3. The summed E-state index contributed by atoms with van der Waals surface area (Å²) in [6.45, 7) is 0. The van der Waals surface area contributed by atoms with Gasteiger partial charge in [-0.15, -0.1) is 23.2 Å². The average Bonchev–Trinajstić information content (AvgIpc) is 1.35. The Bertz CT molecular complexity index is 30.0. The lowest BCUT2D eigenvalue weighted by Crippen LogP contribution is -1.83. The molecule has 0 rings (SSSR count). The second-order valence-electron chi connectivity index (χ2n) is 0.869. The molecule has 0 spiro atoms. The summed E-state index contributed by atoms with van der Waals surface area (Å²) in [6.07, 6.45) is 0.893. The van der Waals surface area contributed by atoms with Gasteiger partial charge < -0.3 is 0 Å². The van der Waals surface area contributed by atoms with Crippen molar-refractivity contribution < 1.29 is 0 Å². The van der Waals surface area contributed by atoms with Crippen molar-refractivity contribution in [1.82, 2.24) is 0 Å². The molecule has 0 aliphatic rings. The molecule has 1 atom stereocenters. The van der Waals surface area contributed by atoms with Crippen molar-refractivity contribution in [2.75, 3.05) is 5.88 Å². The van der Waals surface area contributed by atoms with Crippen LogP contribution in [0.2, 0.25) is 0 Å². The van der Waals surface area contributed by atoms with Gasteiger partial charge in [0.05, 0.1) is 3.38 Å². The van der Waals surface area contributed by atoms with Gasteiger partial charge in [0.15, 0.2) is 0 Å². The summed E-state index contributed by atoms with van der Waals surface area (Å²) in [6, 6.07) is 0. The SMILES string of the molecule is ClCCC(Cl)I. The second kappa shape index (κ2) is 4.47. The van der Waals surface area contributed by atoms with Gasteiger partial charge in [0.2, 0.25) is 0 Å². The first-order chi connectivity index (χ1) is 2.77. The lowest BCUT2D eigenvalue weighted by atomic mass is 10.6. The molecule has 0 fully saturated rings. The van der Waals surface area contributed by atoms with Crippen molar-refractivity contribution in [3.05, 3.63) is 0 Å². The maximum Gasteiger partial charge on any atom is 0.0861 e. The lowest BCUT2D eigenvalue weighted by Gasteiger charge is -1.89. The summed E-state index contributed by atoms with van der Waals surface area (Å²) in [5.41, 5.74) is 0. The van der Waals surface area contributed by atoms with E-state index in [0.29, 0.717) is 5.88 Å². The molecular weight excluding hydrogens is 234 g/mol. The molecule has 0 bridgehead atoms. The largest absolute Gasteiger partial charge is 0.127 e. The van der Waals surface area contributed by atoms with Crippen LogP contribution in [0.1, 0.15) is 6.42 Å². The molecule has 0 aromatic rings. The molecule has 1 unspecified atom stereocenters. The van der Waals surface area contributed by atoms with Gasteiger partial charge in [-0.1, -0.05) is 22.6 Å². The minimum Gasteiger partial charge on any atom is -0.127 e. The fourth-order valence-electron chi connectivity index (χ4n) is 0.0825. The van der Waals surface area contributed by atoms with Crippen LogP contribution in [0, 0.1) is 0 Å². The van der Waals surface area contributed by atoms with Crippen molar-refractivity contribution >= 4 is 45.8 Å². The normalized spacial score (nSPS) is 14.5. The highest BCUT2D eigenvalue weighted by atomic mass is 127. The Morgan fingerprint density at radius 1 is 1.67 bits per heavy atom. The van der Waals surface area contributed by atoms with Crippen LogP contribution in [-0.2, 0) is 0 Å². The van der Waals surface area contributed by atoms with Gasteiger partial charge in [0.1, 0.15) is 0 Å². The molecule has 0 aliphatic carbocycles. The Balaban J connectivity index is 2.63. The van der Waals surface area contributed by atoms with Crippen LogP contribution in [0.25, 0.3) is 0 Å². The molecule has 0 N–H and O–H groups in total. The maximum absolute atomic E-state index is 5.48. The third-order valence-corrected chi connectivity index (χ3v) is 1.39. The highest BCUT2D eigenvalue weighted by molar-refractivity contribution is 14.1. The molecule has 0 saturated heterocycles. The predicted octanol–water partition coefficient (Wildman–Crippen LogP) is 2.62. The zero-order valence-electron chi connectivity index (χ0n) is 3.13. The minimum atomic E-state index is 0.208. The van der Waals surface area contributed by atoms with Crippen molar-refractivity contribution in [2.24, 2.45) is 0 Å². The maximum atomic E-state index is 5.48. The quantitative estimate of drug-likeness (QED) is 0.513. The Morgan fingerprint density at radius 3 is 2.17 bits per heavy atom. The Kier molecular flexibility index (Phi) is 5.44. The van der Waals surface area contributed by atoms with Crippen molar-refractivity contribution in [1.29, 1.82) is 0 Å². The highest BCUT2D eigenvalue weighted by Gasteiger charge is 1.91. The van der Waals surface area contributed by atoms with Gasteiger partial charge in [-0.2, -0.15) is 0 Å². The molecule has 6 heavy (non-hydrogen) atoms. The van der Waals surface area contributed by atoms with Gasteiger partial charge in [0, 0.05) is 5.88 Å². The van der Waals surface area contributed by atoms with Crippen LogP contribution in [0.15, 0.2) is 0 Å². The van der Waals surface area contributed by atoms with Gasteiger partial charge in [-0.3, -0.25) is 0 Å². The zero-order valence-corrected chi connectivity index (χ0v) is 6.79. The van der Waals surface area contributed by atoms with Crippen molar-refractivity contribution in [2.45, 2.75) is 9.80 Å². The van der Waals surface area contributed by atoms with Crippen LogP contribution in [0.5, 0.6) is 0 Å². The third-order valence-electron chi connectivity index (χ3n) is 0.327. The molecule has 3 heteroatoms. The Labute approximate surface area is 61.3 Å². The van der Waals surface area contributed by atoms with E-state index in [0.717, 1.165) is 6.42 Å². The van der Waals surface area contributed by atoms with Gasteiger partial charge in [-0.25, -0.2) is 0 Å². The number of hydrogen-bond acceptors (Lipinski definition) is 0. The second-order valence-corrected chi connectivity index (χ2v) is 4.01.